The summed E-state index contributed by atoms with van der Waals surface area (Å²) in [6.45, 7) is 0. The van der Waals surface area contributed by atoms with Gasteiger partial charge in [-0.05, 0) is 0 Å². The van der Waals surface area contributed by atoms with Gasteiger partial charge in [-0.1, -0.05) is 11.8 Å². The molecule has 0 saturated heterocycles. The fourth-order valence-corrected chi connectivity index (χ4v) is 1.25. The van der Waals surface area contributed by atoms with Gasteiger partial charge >= 0.3 is 6.09 Å². The summed E-state index contributed by atoms with van der Waals surface area (Å²) in [6.07, 6.45) is -1.03. The van der Waals surface area contributed by atoms with Crippen LogP contribution in [0, 0.1) is 5.88 Å². The summed E-state index contributed by atoms with van der Waals surface area (Å²) in [7, 11) is 1.43. The zero-order valence-electron chi connectivity index (χ0n) is 5.27. The van der Waals surface area contributed by atoms with E-state index in [1.165, 1.54) is 24.7 Å². The Hall–Kier alpha value is -0.840. The monoisotopic (exact) mass is 160 g/mol. The molecule has 0 saturated carbocycles. The number of hydrogen-bond donors (Lipinski definition) is 1. The highest BCUT2D eigenvalue weighted by Crippen LogP contribution is 2.27. The molecule has 0 spiro atoms. The third-order valence-electron chi connectivity index (χ3n) is 0.988. The molecule has 4 nitrogen and oxygen atoms in total. The molecule has 1 rings (SSSR count). The molecule has 1 heterocycles. The van der Waals surface area contributed by atoms with Crippen molar-refractivity contribution < 1.29 is 14.6 Å². The van der Waals surface area contributed by atoms with E-state index in [1.807, 2.05) is 0 Å². The number of carboxylic acid groups (broad SMARTS) is 1. The van der Waals surface area contributed by atoms with Crippen molar-refractivity contribution in [2.45, 2.75) is 0 Å². The average molecular weight is 160 g/mol. The van der Waals surface area contributed by atoms with E-state index in [-0.39, 0.29) is 0 Å². The lowest BCUT2D eigenvalue weighted by molar-refractivity contribution is 0.137. The molecule has 0 aromatic heterocycles. The second-order valence-electron chi connectivity index (χ2n) is 1.55. The van der Waals surface area contributed by atoms with Crippen LogP contribution in [-0.4, -0.2) is 23.2 Å². The van der Waals surface area contributed by atoms with Crippen molar-refractivity contribution in [2.75, 3.05) is 7.11 Å². The Morgan fingerprint density at radius 1 is 1.90 bits per heavy atom. The van der Waals surface area contributed by atoms with Crippen molar-refractivity contribution in [3.05, 3.63) is 17.2 Å². The van der Waals surface area contributed by atoms with E-state index >= 15 is 0 Å². The van der Waals surface area contributed by atoms with Crippen LogP contribution in [0.2, 0.25) is 0 Å². The number of thioether (sulfide) groups is 1. The summed E-state index contributed by atoms with van der Waals surface area (Å²) in [5.41, 5.74) is 0. The molecule has 1 radical (unpaired) electrons. The normalized spacial score (nSPS) is 16.9. The van der Waals surface area contributed by atoms with Gasteiger partial charge in [-0.3, -0.25) is 0 Å². The molecule has 1 N–H and O–H groups in total. The number of carbonyl (C=O) groups is 1. The van der Waals surface area contributed by atoms with Gasteiger partial charge in [0.25, 0.3) is 0 Å². The second kappa shape index (κ2) is 2.83. The zero-order chi connectivity index (χ0) is 7.56. The molecule has 5 heteroatoms. The Kier molecular flexibility index (Phi) is 2.06. The molecule has 0 aromatic carbocycles. The third kappa shape index (κ3) is 1.18. The van der Waals surface area contributed by atoms with Gasteiger partial charge in [0.2, 0.25) is 5.88 Å². The van der Waals surface area contributed by atoms with Crippen LogP contribution in [0.5, 0.6) is 0 Å². The third-order valence-corrected chi connectivity index (χ3v) is 1.66. The molecule has 55 valence electrons. The van der Waals surface area contributed by atoms with Gasteiger partial charge in [-0.15, -0.1) is 0 Å². The Balaban J connectivity index is 2.63. The first kappa shape index (κ1) is 7.27. The molecule has 0 atom stereocenters. The first-order chi connectivity index (χ1) is 4.75. The minimum absolute atomic E-state index is 0.345. The van der Waals surface area contributed by atoms with E-state index < -0.39 is 6.09 Å². The van der Waals surface area contributed by atoms with Gasteiger partial charge < -0.3 is 9.84 Å². The number of ether oxygens (including phenoxy) is 1. The number of amides is 1. The van der Waals surface area contributed by atoms with Crippen LogP contribution in [0.1, 0.15) is 0 Å². The molecule has 1 aliphatic rings. The average Bonchev–Trinajstić information content (AvgIpc) is 2.33. The number of rotatable bonds is 1. The summed E-state index contributed by atoms with van der Waals surface area (Å²) in [4.78, 5) is 11.3. The number of methoxy groups -OCH3 is 1. The Morgan fingerprint density at radius 2 is 2.60 bits per heavy atom. The summed E-state index contributed by atoms with van der Waals surface area (Å²) in [5.74, 6) is 1.80. The predicted molar refractivity (Wildman–Crippen MR) is 36.8 cm³/mol. The second-order valence-corrected chi connectivity index (χ2v) is 2.27. The predicted octanol–water partition coefficient (Wildman–Crippen LogP) is 1.28. The quantitative estimate of drug-likeness (QED) is 0.627. The van der Waals surface area contributed by atoms with E-state index in [4.69, 9.17) is 9.84 Å². The van der Waals surface area contributed by atoms with Crippen LogP contribution in [0.25, 0.3) is 0 Å². The van der Waals surface area contributed by atoms with Crippen molar-refractivity contribution in [1.29, 1.82) is 0 Å². The lowest BCUT2D eigenvalue weighted by atomic mass is 10.7. The summed E-state index contributed by atoms with van der Waals surface area (Å²) in [5, 5.41) is 10.1. The first-order valence-corrected chi connectivity index (χ1v) is 3.45. The minimum Gasteiger partial charge on any atom is -0.482 e. The number of hydrogen-bond acceptors (Lipinski definition) is 3. The highest BCUT2D eigenvalue weighted by molar-refractivity contribution is 8.04. The molecule has 0 aromatic rings. The Morgan fingerprint density at radius 3 is 3.00 bits per heavy atom. The molecule has 10 heavy (non-hydrogen) atoms. The minimum atomic E-state index is -1.03. The van der Waals surface area contributed by atoms with Crippen LogP contribution < -0.4 is 0 Å². The van der Waals surface area contributed by atoms with Gasteiger partial charge in [0.15, 0.2) is 0 Å². The van der Waals surface area contributed by atoms with Crippen molar-refractivity contribution in [3.8, 4) is 0 Å². The van der Waals surface area contributed by atoms with Gasteiger partial charge in [0.1, 0.15) is 5.88 Å². The fraction of sp³-hybridized carbons (Fsp3) is 0.200. The first-order valence-electron chi connectivity index (χ1n) is 2.51. The maximum absolute atomic E-state index is 10.3. The lowest BCUT2D eigenvalue weighted by Gasteiger charge is -2.12. The van der Waals surface area contributed by atoms with Gasteiger partial charge in [-0.25, -0.2) is 9.69 Å². The summed E-state index contributed by atoms with van der Waals surface area (Å²) in [6, 6.07) is 0. The summed E-state index contributed by atoms with van der Waals surface area (Å²) < 4.78 is 4.74. The van der Waals surface area contributed by atoms with Crippen molar-refractivity contribution in [2.24, 2.45) is 0 Å². The highest BCUT2D eigenvalue weighted by atomic mass is 32.2. The maximum Gasteiger partial charge on any atom is 0.415 e. The molecule has 0 aliphatic carbocycles. The van der Waals surface area contributed by atoms with Crippen LogP contribution in [0.3, 0.4) is 0 Å². The van der Waals surface area contributed by atoms with Crippen molar-refractivity contribution in [1.82, 2.24) is 4.90 Å². The van der Waals surface area contributed by atoms with Crippen LogP contribution in [0.4, 0.5) is 4.79 Å². The molecular weight excluding hydrogens is 154 g/mol. The summed E-state index contributed by atoms with van der Waals surface area (Å²) >= 11 is 1.28. The standard InChI is InChI=1S/C5H6NO3S/c1-9-4-2-10-3-6(4)5(7)8/h2-3H,1H3,(H,7,8). The maximum atomic E-state index is 10.3. The topological polar surface area (TPSA) is 49.8 Å². The number of nitrogens with zero attached hydrogens (tertiary/aromatic N) is 1. The van der Waals surface area contributed by atoms with Crippen LogP contribution in [0.15, 0.2) is 11.3 Å². The molecule has 0 fully saturated rings. The lowest BCUT2D eigenvalue weighted by Crippen LogP contribution is -2.22. The SMILES string of the molecule is COC1=CS[CH]N1C(=O)O. The van der Waals surface area contributed by atoms with E-state index in [1.54, 1.807) is 5.41 Å². The molecule has 0 unspecified atom stereocenters. The largest absolute Gasteiger partial charge is 0.482 e. The fourth-order valence-electron chi connectivity index (χ4n) is 0.544. The van der Waals surface area contributed by atoms with E-state index in [9.17, 15) is 4.79 Å². The Labute approximate surface area is 62.5 Å². The van der Waals surface area contributed by atoms with E-state index in [2.05, 4.69) is 0 Å². The molecule has 1 aliphatic heterocycles. The molecular formula is C5H6NO3S. The van der Waals surface area contributed by atoms with Crippen LogP contribution >= 0.6 is 11.8 Å². The van der Waals surface area contributed by atoms with Gasteiger partial charge in [-0.2, -0.15) is 0 Å². The molecule has 0 bridgehead atoms. The van der Waals surface area contributed by atoms with Crippen molar-refractivity contribution in [3.63, 3.8) is 0 Å². The van der Waals surface area contributed by atoms with Crippen molar-refractivity contribution >= 4 is 17.9 Å². The highest BCUT2D eigenvalue weighted by Gasteiger charge is 2.22. The van der Waals surface area contributed by atoms with Gasteiger partial charge in [0, 0.05) is 5.41 Å². The van der Waals surface area contributed by atoms with Crippen LogP contribution in [-0.2, 0) is 4.74 Å². The van der Waals surface area contributed by atoms with E-state index in [0.29, 0.717) is 5.88 Å². The Bertz CT molecular complexity index is 180. The van der Waals surface area contributed by atoms with Gasteiger partial charge in [0.05, 0.1) is 7.11 Å². The smallest absolute Gasteiger partial charge is 0.415 e. The van der Waals surface area contributed by atoms with E-state index in [0.717, 1.165) is 4.90 Å². The zero-order valence-corrected chi connectivity index (χ0v) is 6.09. The molecule has 1 amide bonds.